The van der Waals surface area contributed by atoms with Gasteiger partial charge < -0.3 is 16.4 Å². The van der Waals surface area contributed by atoms with Crippen molar-refractivity contribution in [3.8, 4) is 11.4 Å². The Bertz CT molecular complexity index is 1610. The molecule has 3 aromatic heterocycles. The fraction of sp³-hybridized carbons (Fsp3) is 0.0800. The van der Waals surface area contributed by atoms with E-state index in [1.165, 1.54) is 16.8 Å². The van der Waals surface area contributed by atoms with Crippen molar-refractivity contribution >= 4 is 34.7 Å². The summed E-state index contributed by atoms with van der Waals surface area (Å²) in [5.41, 5.74) is 8.29. The number of nitrogens with one attached hydrogen (secondary N) is 2. The van der Waals surface area contributed by atoms with Gasteiger partial charge in [-0.25, -0.2) is 19.9 Å². The van der Waals surface area contributed by atoms with Gasteiger partial charge in [0.25, 0.3) is 5.91 Å². The topological polar surface area (TPSA) is 123 Å². The zero-order chi connectivity index (χ0) is 26.2. The van der Waals surface area contributed by atoms with E-state index in [1.54, 1.807) is 61.5 Å². The van der Waals surface area contributed by atoms with Crippen LogP contribution in [0.25, 0.3) is 17.2 Å². The first kappa shape index (κ1) is 23.7. The Balaban J connectivity index is 1.36. The van der Waals surface area contributed by atoms with E-state index in [1.807, 2.05) is 0 Å². The predicted octanol–water partition coefficient (Wildman–Crippen LogP) is 5.09. The molecular weight excluding hydrogens is 485 g/mol. The first-order chi connectivity index (χ1) is 17.7. The normalized spacial score (nSPS) is 11.5. The second-order valence-electron chi connectivity index (χ2n) is 8.04. The monoisotopic (exact) mass is 504 g/mol. The summed E-state index contributed by atoms with van der Waals surface area (Å²) in [6, 6.07) is 16.1. The Hall–Kier alpha value is -5.00. The van der Waals surface area contributed by atoms with Gasteiger partial charge in [0.2, 0.25) is 11.7 Å². The van der Waals surface area contributed by atoms with Crippen molar-refractivity contribution in [2.24, 2.45) is 0 Å². The summed E-state index contributed by atoms with van der Waals surface area (Å²) in [6.45, 7) is 1.67. The van der Waals surface area contributed by atoms with E-state index in [2.05, 4.69) is 30.6 Å². The molecule has 0 radical (unpaired) electrons. The number of nitrogen functional groups attached to an aromatic ring is 1. The summed E-state index contributed by atoms with van der Waals surface area (Å²) >= 11 is 0. The van der Waals surface area contributed by atoms with E-state index in [0.29, 0.717) is 39.7 Å². The van der Waals surface area contributed by atoms with E-state index in [9.17, 15) is 18.0 Å². The Morgan fingerprint density at radius 1 is 0.973 bits per heavy atom. The number of aryl methyl sites for hydroxylation is 1. The van der Waals surface area contributed by atoms with Crippen molar-refractivity contribution in [1.29, 1.82) is 0 Å². The minimum absolute atomic E-state index is 0.0819. The van der Waals surface area contributed by atoms with Gasteiger partial charge in [0, 0.05) is 23.6 Å². The first-order valence-corrected chi connectivity index (χ1v) is 11.0. The van der Waals surface area contributed by atoms with Gasteiger partial charge in [-0.3, -0.25) is 9.20 Å². The summed E-state index contributed by atoms with van der Waals surface area (Å²) in [4.78, 5) is 29.0. The minimum Gasteiger partial charge on any atom is -0.397 e. The van der Waals surface area contributed by atoms with Crippen LogP contribution in [0.3, 0.4) is 0 Å². The standard InChI is InChI=1S/C25H19F3N8O/c1-14-21(36-13-11-20(25(26,27)28)35-24(36)31-14)19-10-12-30-23(34-19)32-16-8-6-15(7-9-16)22(37)33-18-5-3-2-4-17(18)29/h2-13H,29H2,1H3,(H,33,37)(H,30,32,34). The van der Waals surface area contributed by atoms with Gasteiger partial charge in [0.05, 0.1) is 28.5 Å². The van der Waals surface area contributed by atoms with Gasteiger partial charge in [0.1, 0.15) is 5.69 Å². The summed E-state index contributed by atoms with van der Waals surface area (Å²) < 4.78 is 40.5. The lowest BCUT2D eigenvalue weighted by Crippen LogP contribution is -2.13. The molecule has 1 amide bonds. The van der Waals surface area contributed by atoms with Gasteiger partial charge in [-0.2, -0.15) is 13.2 Å². The lowest BCUT2D eigenvalue weighted by molar-refractivity contribution is -0.141. The van der Waals surface area contributed by atoms with Crippen molar-refractivity contribution < 1.29 is 18.0 Å². The van der Waals surface area contributed by atoms with Crippen LogP contribution >= 0.6 is 0 Å². The van der Waals surface area contributed by atoms with Crippen molar-refractivity contribution in [2.75, 3.05) is 16.4 Å². The number of imidazole rings is 1. The zero-order valence-corrected chi connectivity index (χ0v) is 19.3. The Labute approximate surface area is 208 Å². The van der Waals surface area contributed by atoms with Gasteiger partial charge in [-0.05, 0) is 55.5 Å². The molecule has 2 aromatic carbocycles. The quantitative estimate of drug-likeness (QED) is 0.285. The second-order valence-corrected chi connectivity index (χ2v) is 8.04. The van der Waals surface area contributed by atoms with E-state index in [0.717, 1.165) is 6.07 Å². The van der Waals surface area contributed by atoms with Gasteiger partial charge in [-0.1, -0.05) is 12.1 Å². The Morgan fingerprint density at radius 2 is 1.73 bits per heavy atom. The molecule has 3 heterocycles. The van der Waals surface area contributed by atoms with Crippen LogP contribution in [0.1, 0.15) is 21.7 Å². The second kappa shape index (κ2) is 9.22. The third-order valence-electron chi connectivity index (χ3n) is 5.47. The number of amides is 1. The zero-order valence-electron chi connectivity index (χ0n) is 19.3. The van der Waals surface area contributed by atoms with Crippen LogP contribution in [0.4, 0.5) is 36.2 Å². The van der Waals surface area contributed by atoms with Crippen LogP contribution in [-0.2, 0) is 6.18 Å². The van der Waals surface area contributed by atoms with Crippen molar-refractivity contribution in [1.82, 2.24) is 24.3 Å². The molecule has 186 valence electrons. The number of hydrogen-bond donors (Lipinski definition) is 3. The molecule has 37 heavy (non-hydrogen) atoms. The third kappa shape index (κ3) is 4.89. The molecule has 0 saturated carbocycles. The number of nitrogens with two attached hydrogens (primary N) is 1. The molecule has 0 unspecified atom stereocenters. The number of aromatic nitrogens is 5. The van der Waals surface area contributed by atoms with Gasteiger partial charge in [0.15, 0.2) is 0 Å². The summed E-state index contributed by atoms with van der Waals surface area (Å²) in [7, 11) is 0. The maximum atomic E-state index is 13.0. The van der Waals surface area contributed by atoms with E-state index in [4.69, 9.17) is 5.73 Å². The number of carbonyl (C=O) groups is 1. The molecule has 0 atom stereocenters. The lowest BCUT2D eigenvalue weighted by atomic mass is 10.2. The SMILES string of the molecule is Cc1nc2nc(C(F)(F)F)ccn2c1-c1ccnc(Nc2ccc(C(=O)Nc3ccccc3N)cc2)n1. The predicted molar refractivity (Wildman–Crippen MR) is 132 cm³/mol. The summed E-state index contributed by atoms with van der Waals surface area (Å²) in [5, 5.41) is 5.83. The molecular formula is C25H19F3N8O. The molecule has 4 N–H and O–H groups in total. The van der Waals surface area contributed by atoms with Gasteiger partial charge >= 0.3 is 6.18 Å². The van der Waals surface area contributed by atoms with Crippen LogP contribution in [0.5, 0.6) is 0 Å². The number of para-hydroxylation sites is 2. The molecule has 0 bridgehead atoms. The number of carbonyl (C=O) groups excluding carboxylic acids is 1. The molecule has 0 aliphatic rings. The fourth-order valence-corrected chi connectivity index (χ4v) is 3.70. The number of benzene rings is 2. The van der Waals surface area contributed by atoms with Crippen molar-refractivity contribution in [3.05, 3.63) is 90.0 Å². The molecule has 0 saturated heterocycles. The summed E-state index contributed by atoms with van der Waals surface area (Å²) in [6.07, 6.45) is -1.78. The first-order valence-electron chi connectivity index (χ1n) is 11.0. The maximum absolute atomic E-state index is 13.0. The maximum Gasteiger partial charge on any atom is 0.433 e. The number of rotatable bonds is 5. The third-order valence-corrected chi connectivity index (χ3v) is 5.47. The number of fused-ring (bicyclic) bond motifs is 1. The number of hydrogen-bond acceptors (Lipinski definition) is 7. The highest BCUT2D eigenvalue weighted by Gasteiger charge is 2.33. The molecule has 5 rings (SSSR count). The van der Waals surface area contributed by atoms with E-state index >= 15 is 0 Å². The number of nitrogens with zero attached hydrogens (tertiary/aromatic N) is 5. The average molecular weight is 504 g/mol. The fourth-order valence-electron chi connectivity index (χ4n) is 3.70. The number of anilines is 4. The molecule has 5 aromatic rings. The highest BCUT2D eigenvalue weighted by molar-refractivity contribution is 6.05. The van der Waals surface area contributed by atoms with Crippen LogP contribution in [-0.4, -0.2) is 30.2 Å². The van der Waals surface area contributed by atoms with Crippen molar-refractivity contribution in [3.63, 3.8) is 0 Å². The number of halogens is 3. The smallest absolute Gasteiger partial charge is 0.397 e. The molecule has 0 aliphatic carbocycles. The molecule has 9 nitrogen and oxygen atoms in total. The van der Waals surface area contributed by atoms with E-state index < -0.39 is 11.9 Å². The molecule has 0 fully saturated rings. The highest BCUT2D eigenvalue weighted by atomic mass is 19.4. The lowest BCUT2D eigenvalue weighted by Gasteiger charge is -2.10. The van der Waals surface area contributed by atoms with Crippen LogP contribution in [0.15, 0.2) is 73.1 Å². The highest BCUT2D eigenvalue weighted by Crippen LogP contribution is 2.30. The van der Waals surface area contributed by atoms with Crippen LogP contribution in [0, 0.1) is 6.92 Å². The van der Waals surface area contributed by atoms with E-state index in [-0.39, 0.29) is 17.6 Å². The minimum atomic E-state index is -4.57. The molecule has 12 heteroatoms. The molecule has 0 aliphatic heterocycles. The molecule has 0 spiro atoms. The van der Waals surface area contributed by atoms with Crippen LogP contribution < -0.4 is 16.4 Å². The van der Waals surface area contributed by atoms with Crippen LogP contribution in [0.2, 0.25) is 0 Å². The largest absolute Gasteiger partial charge is 0.433 e. The Kier molecular flexibility index (Phi) is 5.91. The van der Waals surface area contributed by atoms with Crippen molar-refractivity contribution in [2.45, 2.75) is 13.1 Å². The number of alkyl halides is 3. The average Bonchev–Trinajstić information content (AvgIpc) is 3.20. The summed E-state index contributed by atoms with van der Waals surface area (Å²) in [5.74, 6) is -0.143. The van der Waals surface area contributed by atoms with Gasteiger partial charge in [-0.15, -0.1) is 0 Å². The Morgan fingerprint density at radius 3 is 2.46 bits per heavy atom.